The molecule has 2 aromatic rings. The summed E-state index contributed by atoms with van der Waals surface area (Å²) >= 11 is 13.2. The predicted octanol–water partition coefficient (Wildman–Crippen LogP) is 5.42. The number of aryl methyl sites for hydroxylation is 2. The molecule has 0 saturated carbocycles. The van der Waals surface area contributed by atoms with Crippen molar-refractivity contribution >= 4 is 40.2 Å². The molecule has 1 aromatic heterocycles. The van der Waals surface area contributed by atoms with Crippen LogP contribution in [0.1, 0.15) is 15.3 Å². The predicted molar refractivity (Wildman–Crippen MR) is 77.5 cm³/mol. The second-order valence-electron chi connectivity index (χ2n) is 4.05. The van der Waals surface area contributed by atoms with Gasteiger partial charge in [0.05, 0.1) is 10.0 Å². The third kappa shape index (κ3) is 2.97. The Morgan fingerprint density at radius 3 is 2.28 bits per heavy atom. The summed E-state index contributed by atoms with van der Waals surface area (Å²) in [6.07, 6.45) is 0. The molecular formula is C13H12Cl2FNS. The van der Waals surface area contributed by atoms with Crippen LogP contribution in [0.2, 0.25) is 10.0 Å². The molecule has 0 aliphatic carbocycles. The molecule has 2 rings (SSSR count). The third-order valence-corrected chi connectivity index (χ3v) is 4.17. The molecule has 0 bridgehead atoms. The summed E-state index contributed by atoms with van der Waals surface area (Å²) in [4.78, 5) is 2.55. The molecule has 0 spiro atoms. The Morgan fingerprint density at radius 2 is 1.78 bits per heavy atom. The zero-order chi connectivity index (χ0) is 13.3. The second kappa shape index (κ2) is 5.47. The summed E-state index contributed by atoms with van der Waals surface area (Å²) in [6.45, 7) is 4.83. The van der Waals surface area contributed by atoms with Crippen LogP contribution < -0.4 is 5.32 Å². The first-order valence-corrected chi connectivity index (χ1v) is 6.99. The third-order valence-electron chi connectivity index (χ3n) is 2.61. The number of rotatable bonds is 3. The van der Waals surface area contributed by atoms with E-state index in [0.717, 1.165) is 5.69 Å². The Balaban J connectivity index is 2.13. The van der Waals surface area contributed by atoms with Gasteiger partial charge in [0.1, 0.15) is 0 Å². The minimum atomic E-state index is -0.577. The lowest BCUT2D eigenvalue weighted by Crippen LogP contribution is -2.00. The molecule has 1 N–H and O–H groups in total. The second-order valence-corrected chi connectivity index (χ2v) is 6.32. The highest BCUT2D eigenvalue weighted by Gasteiger charge is 2.08. The van der Waals surface area contributed by atoms with Crippen molar-refractivity contribution < 1.29 is 4.39 Å². The molecule has 5 heteroatoms. The molecule has 0 amide bonds. The molecule has 0 atom stereocenters. The van der Waals surface area contributed by atoms with Gasteiger partial charge in [-0.1, -0.05) is 23.2 Å². The standard InChI is InChI=1S/C13H12Cl2FNS/c1-7-3-9(8(2)18-7)6-17-10-4-11(14)13(16)12(15)5-10/h3-5,17H,6H2,1-2H3. The first-order valence-electron chi connectivity index (χ1n) is 5.41. The van der Waals surface area contributed by atoms with Crippen molar-refractivity contribution in [2.24, 2.45) is 0 Å². The van der Waals surface area contributed by atoms with Crippen LogP contribution in [0.25, 0.3) is 0 Å². The van der Waals surface area contributed by atoms with Crippen molar-refractivity contribution in [1.29, 1.82) is 0 Å². The Hall–Kier alpha value is -0.770. The fourth-order valence-corrected chi connectivity index (χ4v) is 3.15. The Bertz CT molecular complexity index is 557. The number of anilines is 1. The number of halogens is 3. The van der Waals surface area contributed by atoms with E-state index in [1.165, 1.54) is 27.5 Å². The van der Waals surface area contributed by atoms with Crippen molar-refractivity contribution in [3.63, 3.8) is 0 Å². The smallest absolute Gasteiger partial charge is 0.160 e. The molecule has 0 unspecified atom stereocenters. The fourth-order valence-electron chi connectivity index (χ4n) is 1.71. The quantitative estimate of drug-likeness (QED) is 0.746. The number of thiophene rings is 1. The Kier molecular flexibility index (Phi) is 4.15. The van der Waals surface area contributed by atoms with Crippen LogP contribution in [-0.4, -0.2) is 0 Å². The highest BCUT2D eigenvalue weighted by Crippen LogP contribution is 2.28. The minimum Gasteiger partial charge on any atom is -0.381 e. The van der Waals surface area contributed by atoms with Crippen molar-refractivity contribution in [2.45, 2.75) is 20.4 Å². The van der Waals surface area contributed by atoms with Gasteiger partial charge < -0.3 is 5.32 Å². The number of hydrogen-bond acceptors (Lipinski definition) is 2. The first-order chi connectivity index (χ1) is 8.47. The van der Waals surface area contributed by atoms with Crippen LogP contribution in [0.5, 0.6) is 0 Å². The fraction of sp³-hybridized carbons (Fsp3) is 0.231. The van der Waals surface area contributed by atoms with Crippen LogP contribution in [0.3, 0.4) is 0 Å². The first kappa shape index (κ1) is 13.7. The van der Waals surface area contributed by atoms with Gasteiger partial charge in [0.2, 0.25) is 0 Å². The van der Waals surface area contributed by atoms with E-state index in [-0.39, 0.29) is 10.0 Å². The van der Waals surface area contributed by atoms with Gasteiger partial charge in [0.15, 0.2) is 5.82 Å². The molecule has 0 aliphatic heterocycles. The van der Waals surface area contributed by atoms with Crippen molar-refractivity contribution in [3.8, 4) is 0 Å². The van der Waals surface area contributed by atoms with Gasteiger partial charge in [0, 0.05) is 22.0 Å². The normalized spacial score (nSPS) is 10.7. The van der Waals surface area contributed by atoms with Crippen LogP contribution in [0, 0.1) is 19.7 Å². The van der Waals surface area contributed by atoms with E-state index in [0.29, 0.717) is 6.54 Å². The zero-order valence-corrected chi connectivity index (χ0v) is 12.3. The monoisotopic (exact) mass is 303 g/mol. The highest BCUT2D eigenvalue weighted by atomic mass is 35.5. The lowest BCUT2D eigenvalue weighted by atomic mass is 10.2. The number of nitrogens with one attached hydrogen (secondary N) is 1. The molecule has 96 valence electrons. The molecule has 0 radical (unpaired) electrons. The number of benzene rings is 1. The molecular weight excluding hydrogens is 292 g/mol. The lowest BCUT2D eigenvalue weighted by Gasteiger charge is -2.08. The average molecular weight is 304 g/mol. The van der Waals surface area contributed by atoms with Gasteiger partial charge >= 0.3 is 0 Å². The van der Waals surface area contributed by atoms with Crippen LogP contribution >= 0.6 is 34.5 Å². The average Bonchev–Trinajstić information content (AvgIpc) is 2.62. The number of hydrogen-bond donors (Lipinski definition) is 1. The van der Waals surface area contributed by atoms with E-state index < -0.39 is 5.82 Å². The topological polar surface area (TPSA) is 12.0 Å². The molecule has 1 nitrogen and oxygen atoms in total. The molecule has 1 aromatic carbocycles. The molecule has 18 heavy (non-hydrogen) atoms. The van der Waals surface area contributed by atoms with E-state index in [1.807, 2.05) is 0 Å². The summed E-state index contributed by atoms with van der Waals surface area (Å²) in [5.41, 5.74) is 1.95. The lowest BCUT2D eigenvalue weighted by molar-refractivity contribution is 0.629. The van der Waals surface area contributed by atoms with Crippen molar-refractivity contribution in [1.82, 2.24) is 0 Å². The SMILES string of the molecule is Cc1cc(CNc2cc(Cl)c(F)c(Cl)c2)c(C)s1. The van der Waals surface area contributed by atoms with Gasteiger partial charge in [-0.3, -0.25) is 0 Å². The molecule has 0 fully saturated rings. The highest BCUT2D eigenvalue weighted by molar-refractivity contribution is 7.12. The summed E-state index contributed by atoms with van der Waals surface area (Å²) in [5.74, 6) is -0.577. The van der Waals surface area contributed by atoms with Crippen LogP contribution in [0.4, 0.5) is 10.1 Å². The van der Waals surface area contributed by atoms with E-state index in [1.54, 1.807) is 11.3 Å². The summed E-state index contributed by atoms with van der Waals surface area (Å²) < 4.78 is 13.3. The molecule has 1 heterocycles. The van der Waals surface area contributed by atoms with Crippen molar-refractivity contribution in [3.05, 3.63) is 49.4 Å². The van der Waals surface area contributed by atoms with Gasteiger partial charge in [-0.2, -0.15) is 0 Å². The summed E-state index contributed by atoms with van der Waals surface area (Å²) in [7, 11) is 0. The zero-order valence-electron chi connectivity index (χ0n) is 9.98. The summed E-state index contributed by atoms with van der Waals surface area (Å²) in [6, 6.07) is 5.22. The minimum absolute atomic E-state index is 0.0308. The van der Waals surface area contributed by atoms with E-state index in [2.05, 4.69) is 25.2 Å². The molecule has 0 saturated heterocycles. The maximum atomic E-state index is 13.3. The largest absolute Gasteiger partial charge is 0.381 e. The molecule has 0 aliphatic rings. The van der Waals surface area contributed by atoms with Gasteiger partial charge in [-0.25, -0.2) is 4.39 Å². The van der Waals surface area contributed by atoms with Gasteiger partial charge in [-0.15, -0.1) is 11.3 Å². The van der Waals surface area contributed by atoms with E-state index >= 15 is 0 Å². The summed E-state index contributed by atoms with van der Waals surface area (Å²) in [5, 5.41) is 3.26. The van der Waals surface area contributed by atoms with Gasteiger partial charge in [0.25, 0.3) is 0 Å². The van der Waals surface area contributed by atoms with Crippen LogP contribution in [-0.2, 0) is 6.54 Å². The van der Waals surface area contributed by atoms with Crippen molar-refractivity contribution in [2.75, 3.05) is 5.32 Å². The van der Waals surface area contributed by atoms with E-state index in [4.69, 9.17) is 23.2 Å². The Labute approximate surface area is 120 Å². The van der Waals surface area contributed by atoms with Crippen LogP contribution in [0.15, 0.2) is 18.2 Å². The Morgan fingerprint density at radius 1 is 1.17 bits per heavy atom. The van der Waals surface area contributed by atoms with Gasteiger partial charge in [-0.05, 0) is 37.6 Å². The van der Waals surface area contributed by atoms with E-state index in [9.17, 15) is 4.39 Å². The maximum absolute atomic E-state index is 13.3. The maximum Gasteiger partial charge on any atom is 0.160 e.